The van der Waals surface area contributed by atoms with E-state index in [-0.39, 0.29) is 22.7 Å². The molecule has 1 unspecified atom stereocenters. The van der Waals surface area contributed by atoms with Gasteiger partial charge >= 0.3 is 0 Å². The van der Waals surface area contributed by atoms with Crippen LogP contribution in [0.1, 0.15) is 51.6 Å². The topological polar surface area (TPSA) is 44.8 Å². The smallest absolute Gasteiger partial charge is 0.137 e. The summed E-state index contributed by atoms with van der Waals surface area (Å²) in [6.45, 7) is 7.94. The molecule has 0 aromatic heterocycles. The molecule has 3 atom stereocenters. The Labute approximate surface area is 146 Å². The van der Waals surface area contributed by atoms with E-state index in [4.69, 9.17) is 9.47 Å². The zero-order chi connectivity index (χ0) is 17.3. The Balaban J connectivity index is 1.87. The Bertz CT molecular complexity index is 572. The SMILES string of the molecule is CC(C)(C)[S@+]([O-])N1CCCC1c1cc(F)ccc1O[C@@H]1CCOC1. The molecule has 0 aliphatic carbocycles. The molecule has 2 heterocycles. The zero-order valence-electron chi connectivity index (χ0n) is 14.6. The van der Waals surface area contributed by atoms with Crippen LogP contribution in [0, 0.1) is 5.82 Å². The molecule has 2 aliphatic rings. The van der Waals surface area contributed by atoms with Crippen molar-refractivity contribution in [2.45, 2.75) is 56.9 Å². The van der Waals surface area contributed by atoms with E-state index in [1.54, 1.807) is 6.07 Å². The van der Waals surface area contributed by atoms with Crippen molar-refractivity contribution in [3.8, 4) is 5.75 Å². The van der Waals surface area contributed by atoms with E-state index >= 15 is 0 Å². The minimum atomic E-state index is -1.13. The predicted octanol–water partition coefficient (Wildman–Crippen LogP) is 3.59. The number of halogens is 1. The van der Waals surface area contributed by atoms with Crippen LogP contribution in [0.3, 0.4) is 0 Å². The van der Waals surface area contributed by atoms with Gasteiger partial charge < -0.3 is 14.0 Å². The lowest BCUT2D eigenvalue weighted by Crippen LogP contribution is -2.42. The number of hydrogen-bond acceptors (Lipinski definition) is 4. The number of hydrogen-bond donors (Lipinski definition) is 0. The van der Waals surface area contributed by atoms with Gasteiger partial charge in [-0.1, -0.05) is 0 Å². The Morgan fingerprint density at radius 1 is 1.33 bits per heavy atom. The summed E-state index contributed by atoms with van der Waals surface area (Å²) < 4.78 is 39.9. The third kappa shape index (κ3) is 3.87. The van der Waals surface area contributed by atoms with Crippen molar-refractivity contribution >= 4 is 11.4 Å². The molecule has 6 heteroatoms. The van der Waals surface area contributed by atoms with Crippen LogP contribution in [0.2, 0.25) is 0 Å². The molecule has 24 heavy (non-hydrogen) atoms. The van der Waals surface area contributed by atoms with E-state index in [0.29, 0.717) is 19.0 Å². The summed E-state index contributed by atoms with van der Waals surface area (Å²) in [4.78, 5) is 0. The highest BCUT2D eigenvalue weighted by atomic mass is 32.2. The molecule has 0 N–H and O–H groups in total. The van der Waals surface area contributed by atoms with Gasteiger partial charge in [0.15, 0.2) is 0 Å². The maximum Gasteiger partial charge on any atom is 0.137 e. The summed E-state index contributed by atoms with van der Waals surface area (Å²) in [7, 11) is 0. The molecule has 0 bridgehead atoms. The zero-order valence-corrected chi connectivity index (χ0v) is 15.4. The number of ether oxygens (including phenoxy) is 2. The van der Waals surface area contributed by atoms with Gasteiger partial charge in [0.2, 0.25) is 0 Å². The highest BCUT2D eigenvalue weighted by Crippen LogP contribution is 2.41. The number of rotatable bonds is 4. The first-order chi connectivity index (χ1) is 11.4. The van der Waals surface area contributed by atoms with Crippen molar-refractivity contribution in [3.05, 3.63) is 29.6 Å². The van der Waals surface area contributed by atoms with E-state index < -0.39 is 11.4 Å². The summed E-state index contributed by atoms with van der Waals surface area (Å²) in [6, 6.07) is 4.58. The minimum Gasteiger partial charge on any atom is -0.597 e. The van der Waals surface area contributed by atoms with Crippen LogP contribution in [0.25, 0.3) is 0 Å². The van der Waals surface area contributed by atoms with Gasteiger partial charge in [0.05, 0.1) is 19.3 Å². The average Bonchev–Trinajstić information content (AvgIpc) is 3.18. The average molecular weight is 355 g/mol. The molecular formula is C18H26FNO3S. The standard InChI is InChI=1S/C18H26FNO3S/c1-18(2,3)24(21)20-9-4-5-16(20)15-11-13(19)6-7-17(15)23-14-8-10-22-12-14/h6-7,11,14,16H,4-5,8-10,12H2,1-3H3/t14-,16?,24+/m1/s1. The Hall–Kier alpha value is -0.820. The molecule has 3 rings (SSSR count). The maximum absolute atomic E-state index is 13.9. The monoisotopic (exact) mass is 355 g/mol. The van der Waals surface area contributed by atoms with Crippen LogP contribution in [0.5, 0.6) is 5.75 Å². The molecule has 2 fully saturated rings. The van der Waals surface area contributed by atoms with Crippen LogP contribution >= 0.6 is 0 Å². The highest BCUT2D eigenvalue weighted by Gasteiger charge is 2.42. The molecule has 0 radical (unpaired) electrons. The fourth-order valence-electron chi connectivity index (χ4n) is 3.27. The van der Waals surface area contributed by atoms with Crippen LogP contribution in [-0.4, -0.2) is 39.5 Å². The maximum atomic E-state index is 13.9. The van der Waals surface area contributed by atoms with Crippen LogP contribution < -0.4 is 4.74 Å². The first-order valence-corrected chi connectivity index (χ1v) is 9.69. The molecule has 134 valence electrons. The van der Waals surface area contributed by atoms with Crippen molar-refractivity contribution < 1.29 is 18.4 Å². The molecular weight excluding hydrogens is 329 g/mol. The summed E-state index contributed by atoms with van der Waals surface area (Å²) >= 11 is -1.13. The van der Waals surface area contributed by atoms with E-state index in [1.165, 1.54) is 12.1 Å². The Kier molecular flexibility index (Phi) is 5.39. The normalized spacial score (nSPS) is 26.7. The lowest BCUT2D eigenvalue weighted by molar-refractivity contribution is 0.139. The number of nitrogens with zero attached hydrogens (tertiary/aromatic N) is 1. The van der Waals surface area contributed by atoms with Crippen molar-refractivity contribution in [1.29, 1.82) is 0 Å². The fraction of sp³-hybridized carbons (Fsp3) is 0.667. The molecule has 4 nitrogen and oxygen atoms in total. The van der Waals surface area contributed by atoms with Crippen molar-refractivity contribution in [3.63, 3.8) is 0 Å². The van der Waals surface area contributed by atoms with Crippen LogP contribution in [-0.2, 0) is 16.1 Å². The van der Waals surface area contributed by atoms with Gasteiger partial charge in [0.25, 0.3) is 0 Å². The van der Waals surface area contributed by atoms with Crippen molar-refractivity contribution in [2.75, 3.05) is 19.8 Å². The van der Waals surface area contributed by atoms with Gasteiger partial charge in [0, 0.05) is 29.9 Å². The van der Waals surface area contributed by atoms with Gasteiger partial charge in [0.1, 0.15) is 22.4 Å². The first-order valence-electron chi connectivity index (χ1n) is 8.59. The Morgan fingerprint density at radius 3 is 2.79 bits per heavy atom. The van der Waals surface area contributed by atoms with E-state index in [1.807, 2.05) is 25.1 Å². The summed E-state index contributed by atoms with van der Waals surface area (Å²) in [5.41, 5.74) is 0.803. The summed E-state index contributed by atoms with van der Waals surface area (Å²) in [6.07, 6.45) is 2.67. The molecule has 2 aliphatic heterocycles. The second kappa shape index (κ2) is 7.20. The van der Waals surface area contributed by atoms with E-state index in [9.17, 15) is 8.94 Å². The van der Waals surface area contributed by atoms with Gasteiger partial charge in [-0.05, 0) is 51.8 Å². The third-order valence-electron chi connectivity index (χ3n) is 4.45. The fourth-order valence-corrected chi connectivity index (χ4v) is 4.72. The minimum absolute atomic E-state index is 0.0113. The molecule has 0 spiro atoms. The molecule has 2 saturated heterocycles. The summed E-state index contributed by atoms with van der Waals surface area (Å²) in [5.74, 6) is 0.406. The van der Waals surface area contributed by atoms with Gasteiger partial charge in [-0.15, -0.1) is 4.31 Å². The lowest BCUT2D eigenvalue weighted by atomic mass is 10.0. The van der Waals surface area contributed by atoms with Gasteiger partial charge in [-0.25, -0.2) is 4.39 Å². The van der Waals surface area contributed by atoms with Crippen molar-refractivity contribution in [2.24, 2.45) is 0 Å². The summed E-state index contributed by atoms with van der Waals surface area (Å²) in [5, 5.41) is 0. The van der Waals surface area contributed by atoms with Crippen molar-refractivity contribution in [1.82, 2.24) is 4.31 Å². The van der Waals surface area contributed by atoms with Gasteiger partial charge in [-0.3, -0.25) is 0 Å². The largest absolute Gasteiger partial charge is 0.597 e. The molecule has 1 aromatic rings. The van der Waals surface area contributed by atoms with Gasteiger partial charge in [-0.2, -0.15) is 0 Å². The van der Waals surface area contributed by atoms with Crippen LogP contribution in [0.15, 0.2) is 18.2 Å². The lowest BCUT2D eigenvalue weighted by Gasteiger charge is -2.34. The molecule has 0 amide bonds. The quantitative estimate of drug-likeness (QED) is 0.774. The second-order valence-electron chi connectivity index (χ2n) is 7.45. The third-order valence-corrected chi connectivity index (χ3v) is 6.36. The Morgan fingerprint density at radius 2 is 2.12 bits per heavy atom. The van der Waals surface area contributed by atoms with Crippen LogP contribution in [0.4, 0.5) is 4.39 Å². The molecule has 0 saturated carbocycles. The van der Waals surface area contributed by atoms with E-state index in [0.717, 1.165) is 31.4 Å². The molecule has 1 aromatic carbocycles. The number of benzene rings is 1. The predicted molar refractivity (Wildman–Crippen MR) is 92.8 cm³/mol. The second-order valence-corrected chi connectivity index (χ2v) is 9.64. The highest BCUT2D eigenvalue weighted by molar-refractivity contribution is 7.90. The first kappa shape index (κ1) is 18.0. The van der Waals surface area contributed by atoms with E-state index in [2.05, 4.69) is 0 Å².